The Morgan fingerprint density at radius 2 is 1.77 bits per heavy atom. The molecule has 11 atom stereocenters. The first-order chi connectivity index (χ1) is 14.1. The van der Waals surface area contributed by atoms with Crippen LogP contribution in [0.4, 0.5) is 0 Å². The van der Waals surface area contributed by atoms with Crippen molar-refractivity contribution in [3.63, 3.8) is 0 Å². The molecule has 2 saturated heterocycles. The van der Waals surface area contributed by atoms with Crippen LogP contribution in [-0.2, 0) is 18.9 Å². The van der Waals surface area contributed by atoms with Crippen LogP contribution in [0.25, 0.3) is 0 Å². The van der Waals surface area contributed by atoms with Gasteiger partial charge in [-0.05, 0) is 25.7 Å². The highest BCUT2D eigenvalue weighted by Gasteiger charge is 2.51. The first kappa shape index (κ1) is 25.9. The van der Waals surface area contributed by atoms with Gasteiger partial charge in [0.15, 0.2) is 12.6 Å². The molecule has 178 valence electrons. The maximum absolute atomic E-state index is 10.9. The molecule has 2 fully saturated rings. The normalized spacial score (nSPS) is 44.6. The minimum atomic E-state index is -1.04. The molecule has 2 aliphatic heterocycles. The Labute approximate surface area is 179 Å². The van der Waals surface area contributed by atoms with Crippen LogP contribution < -0.4 is 5.73 Å². The van der Waals surface area contributed by atoms with Crippen molar-refractivity contribution >= 4 is 0 Å². The summed E-state index contributed by atoms with van der Waals surface area (Å²) in [6.07, 6.45) is -4.04. The molecule has 2 heterocycles. The van der Waals surface area contributed by atoms with Crippen molar-refractivity contribution < 1.29 is 39.4 Å². The molecule has 0 bridgehead atoms. The fraction of sp³-hybridized carbons (Fsp3) is 1.00. The monoisotopic (exact) mass is 435 g/mol. The lowest BCUT2D eigenvalue weighted by Crippen LogP contribution is -2.66. The zero-order valence-corrected chi connectivity index (χ0v) is 18.8. The number of hydrogen-bond acceptors (Lipinski definition) is 9. The van der Waals surface area contributed by atoms with Gasteiger partial charge in [0.05, 0.1) is 31.5 Å². The third-order valence-electron chi connectivity index (χ3n) is 6.78. The molecule has 9 heteroatoms. The molecular weight excluding hydrogens is 394 g/mol. The van der Waals surface area contributed by atoms with Crippen LogP contribution in [0.2, 0.25) is 0 Å². The summed E-state index contributed by atoms with van der Waals surface area (Å²) in [7, 11) is 0. The summed E-state index contributed by atoms with van der Waals surface area (Å²) < 4.78 is 23.8. The summed E-state index contributed by atoms with van der Waals surface area (Å²) in [4.78, 5) is 0. The summed E-state index contributed by atoms with van der Waals surface area (Å²) in [5, 5.41) is 40.2. The van der Waals surface area contributed by atoms with Crippen molar-refractivity contribution in [2.75, 3.05) is 13.2 Å². The SMILES string of the molecule is CCC(C)C1OC(CO)C(OC2OC(CO)C(OC(C)O)CC2(C)CC)C(O)C1N. The molecule has 2 aliphatic rings. The van der Waals surface area contributed by atoms with Gasteiger partial charge in [-0.15, -0.1) is 0 Å². The van der Waals surface area contributed by atoms with Crippen molar-refractivity contribution in [1.82, 2.24) is 0 Å². The van der Waals surface area contributed by atoms with E-state index in [2.05, 4.69) is 0 Å². The third kappa shape index (κ3) is 5.51. The molecule has 6 N–H and O–H groups in total. The summed E-state index contributed by atoms with van der Waals surface area (Å²) in [6.45, 7) is 8.85. The van der Waals surface area contributed by atoms with Crippen LogP contribution in [0.15, 0.2) is 0 Å². The zero-order chi connectivity index (χ0) is 22.6. The average Bonchev–Trinajstić information content (AvgIpc) is 2.72. The van der Waals surface area contributed by atoms with E-state index < -0.39 is 54.6 Å². The number of aliphatic hydroxyl groups is 4. The predicted molar refractivity (Wildman–Crippen MR) is 109 cm³/mol. The summed E-state index contributed by atoms with van der Waals surface area (Å²) in [5.74, 6) is 0.119. The minimum Gasteiger partial charge on any atom is -0.394 e. The Hall–Kier alpha value is -0.360. The van der Waals surface area contributed by atoms with Gasteiger partial charge in [0, 0.05) is 5.41 Å². The number of nitrogens with two attached hydrogens (primary N) is 1. The van der Waals surface area contributed by atoms with E-state index in [9.17, 15) is 20.4 Å². The standard InChI is InChI=1S/C21H41NO8/c1-6-11(3)18-16(22)17(26)19(15(10-24)28-18)30-20-21(5,7-2)8-13(27-12(4)25)14(9-23)29-20/h11-20,23-26H,6-10,22H2,1-5H3. The molecule has 2 rings (SSSR count). The van der Waals surface area contributed by atoms with E-state index >= 15 is 0 Å². The van der Waals surface area contributed by atoms with E-state index in [0.29, 0.717) is 12.8 Å². The van der Waals surface area contributed by atoms with Crippen LogP contribution in [0.5, 0.6) is 0 Å². The van der Waals surface area contributed by atoms with Crippen molar-refractivity contribution in [2.24, 2.45) is 17.1 Å². The number of ether oxygens (including phenoxy) is 4. The van der Waals surface area contributed by atoms with Crippen molar-refractivity contribution in [1.29, 1.82) is 0 Å². The van der Waals surface area contributed by atoms with E-state index in [4.69, 9.17) is 24.7 Å². The Morgan fingerprint density at radius 1 is 1.13 bits per heavy atom. The van der Waals surface area contributed by atoms with E-state index in [1.165, 1.54) is 6.92 Å². The van der Waals surface area contributed by atoms with Gasteiger partial charge in [0.25, 0.3) is 0 Å². The smallest absolute Gasteiger partial charge is 0.164 e. The Morgan fingerprint density at radius 3 is 2.27 bits per heavy atom. The topological polar surface area (TPSA) is 144 Å². The highest BCUT2D eigenvalue weighted by atomic mass is 16.7. The van der Waals surface area contributed by atoms with E-state index in [1.807, 2.05) is 27.7 Å². The van der Waals surface area contributed by atoms with Crippen LogP contribution in [-0.4, -0.2) is 88.9 Å². The second-order valence-corrected chi connectivity index (χ2v) is 9.05. The van der Waals surface area contributed by atoms with Gasteiger partial charge >= 0.3 is 0 Å². The third-order valence-corrected chi connectivity index (χ3v) is 6.78. The first-order valence-electron chi connectivity index (χ1n) is 11.1. The van der Waals surface area contributed by atoms with Crippen LogP contribution in [0, 0.1) is 11.3 Å². The lowest BCUT2D eigenvalue weighted by atomic mass is 9.77. The molecule has 0 amide bonds. The molecule has 30 heavy (non-hydrogen) atoms. The number of hydrogen-bond donors (Lipinski definition) is 5. The van der Waals surface area contributed by atoms with Gasteiger partial charge in [-0.25, -0.2) is 0 Å². The maximum Gasteiger partial charge on any atom is 0.164 e. The Kier molecular flexibility index (Phi) is 9.48. The van der Waals surface area contributed by atoms with Crippen molar-refractivity contribution in [3.8, 4) is 0 Å². The largest absolute Gasteiger partial charge is 0.394 e. The highest BCUT2D eigenvalue weighted by molar-refractivity contribution is 4.98. The fourth-order valence-corrected chi connectivity index (χ4v) is 4.36. The van der Waals surface area contributed by atoms with Crippen LogP contribution in [0.3, 0.4) is 0 Å². The molecule has 0 saturated carbocycles. The van der Waals surface area contributed by atoms with Gasteiger partial charge in [-0.3, -0.25) is 0 Å². The fourth-order valence-electron chi connectivity index (χ4n) is 4.36. The van der Waals surface area contributed by atoms with Gasteiger partial charge in [0.1, 0.15) is 24.4 Å². The maximum atomic E-state index is 10.9. The molecule has 0 aromatic carbocycles. The van der Waals surface area contributed by atoms with Gasteiger partial charge in [-0.1, -0.05) is 34.1 Å². The Balaban J connectivity index is 2.21. The van der Waals surface area contributed by atoms with Gasteiger partial charge in [-0.2, -0.15) is 0 Å². The van der Waals surface area contributed by atoms with Crippen molar-refractivity contribution in [3.05, 3.63) is 0 Å². The van der Waals surface area contributed by atoms with E-state index in [1.54, 1.807) is 0 Å². The lowest BCUT2D eigenvalue weighted by molar-refractivity contribution is -0.339. The summed E-state index contributed by atoms with van der Waals surface area (Å²) in [6, 6.07) is -0.663. The molecule has 0 radical (unpaired) electrons. The average molecular weight is 436 g/mol. The zero-order valence-electron chi connectivity index (χ0n) is 18.8. The lowest BCUT2D eigenvalue weighted by Gasteiger charge is -2.51. The highest BCUT2D eigenvalue weighted by Crippen LogP contribution is 2.43. The van der Waals surface area contributed by atoms with Gasteiger partial charge < -0.3 is 45.1 Å². The quantitative estimate of drug-likeness (QED) is 0.319. The molecular formula is C21H41NO8. The molecule has 0 spiro atoms. The summed E-state index contributed by atoms with van der Waals surface area (Å²) in [5.41, 5.74) is 5.77. The van der Waals surface area contributed by atoms with Crippen molar-refractivity contribution in [2.45, 2.75) is 109 Å². The van der Waals surface area contributed by atoms with Gasteiger partial charge in [0.2, 0.25) is 0 Å². The van der Waals surface area contributed by atoms with Crippen LogP contribution >= 0.6 is 0 Å². The summed E-state index contributed by atoms with van der Waals surface area (Å²) >= 11 is 0. The van der Waals surface area contributed by atoms with E-state index in [-0.39, 0.29) is 25.2 Å². The van der Waals surface area contributed by atoms with Crippen LogP contribution in [0.1, 0.15) is 53.9 Å². The molecule has 0 aromatic heterocycles. The van der Waals surface area contributed by atoms with E-state index in [0.717, 1.165) is 6.42 Å². The molecule has 0 aromatic rings. The predicted octanol–water partition coefficient (Wildman–Crippen LogP) is 0.113. The second kappa shape index (κ2) is 11.0. The first-order valence-corrected chi connectivity index (χ1v) is 11.1. The number of rotatable bonds is 9. The molecule has 9 nitrogen and oxygen atoms in total. The minimum absolute atomic E-state index is 0.119. The molecule has 0 aliphatic carbocycles. The molecule has 11 unspecified atom stereocenters. The second-order valence-electron chi connectivity index (χ2n) is 9.05. The number of aliphatic hydroxyl groups excluding tert-OH is 4. The Bertz CT molecular complexity index is 521.